The largest absolute Gasteiger partial charge is 0.737 e. The number of imide groups is 1. The van der Waals surface area contributed by atoms with Crippen LogP contribution in [0.5, 0.6) is 5.75 Å². The number of halogens is 2. The molecule has 3 aliphatic rings. The van der Waals surface area contributed by atoms with Crippen LogP contribution in [-0.4, -0.2) is 150 Å². The zero-order chi connectivity index (χ0) is 51.7. The number of allylic oxidation sites excluding steroid dienone is 2. The summed E-state index contributed by atoms with van der Waals surface area (Å²) in [7, 11) is 3.62. The predicted molar refractivity (Wildman–Crippen MR) is 266 cm³/mol. The van der Waals surface area contributed by atoms with Crippen molar-refractivity contribution < 1.29 is 64.1 Å². The number of Topliss-reactive ketones (excluding diaryl/α,β-unsaturated/α-hetero) is 1. The van der Waals surface area contributed by atoms with Crippen LogP contribution in [0.1, 0.15) is 111 Å². The van der Waals surface area contributed by atoms with Gasteiger partial charge in [0.1, 0.15) is 23.2 Å². The fourth-order valence-corrected chi connectivity index (χ4v) is 9.60. The van der Waals surface area contributed by atoms with Crippen molar-refractivity contribution in [2.45, 2.75) is 96.9 Å². The Hall–Kier alpha value is -6.03. The fourth-order valence-electron chi connectivity index (χ4n) is 8.91. The summed E-state index contributed by atoms with van der Waals surface area (Å²) in [6.07, 6.45) is 11.2. The Morgan fingerprint density at radius 2 is 1.63 bits per heavy atom. The highest BCUT2D eigenvalue weighted by Gasteiger charge is 2.54. The summed E-state index contributed by atoms with van der Waals surface area (Å²) < 4.78 is 76.1. The summed E-state index contributed by atoms with van der Waals surface area (Å²) in [6, 6.07) is 11.1. The maximum absolute atomic E-state index is 17.1. The summed E-state index contributed by atoms with van der Waals surface area (Å²) in [4.78, 5) is 71.1. The highest BCUT2D eigenvalue weighted by Crippen LogP contribution is 2.40. The van der Waals surface area contributed by atoms with Gasteiger partial charge in [-0.05, 0) is 114 Å². The van der Waals surface area contributed by atoms with Gasteiger partial charge < -0.3 is 46.9 Å². The third-order valence-corrected chi connectivity index (χ3v) is 13.3. The number of hydrogen-bond acceptors (Lipinski definition) is 10. The van der Waals surface area contributed by atoms with E-state index in [2.05, 4.69) is 31.4 Å². The molecule has 21 heteroatoms. The number of rotatable bonds is 27. The predicted octanol–water partition coefficient (Wildman–Crippen LogP) is 6.09. The molecule has 1 atom stereocenters. The average Bonchev–Trinajstić information content (AvgIpc) is 4.05. The van der Waals surface area contributed by atoms with Crippen molar-refractivity contribution in [1.82, 2.24) is 24.7 Å². The first-order valence-electron chi connectivity index (χ1n) is 24.2. The molecule has 1 unspecified atom stereocenters. The Balaban J connectivity index is 0.953. The molecular formula is C50H67BF2N7O10S+. The number of benzene rings is 1. The van der Waals surface area contributed by atoms with Gasteiger partial charge in [-0.1, -0.05) is 24.6 Å². The highest BCUT2D eigenvalue weighted by molar-refractivity contribution is 7.85. The maximum atomic E-state index is 17.1. The minimum atomic E-state index is -4.59. The monoisotopic (exact) mass is 1010 g/mol. The van der Waals surface area contributed by atoms with E-state index < -0.39 is 58.4 Å². The number of ketones is 1. The molecule has 3 aromatic rings. The number of aromatic amines is 1. The van der Waals surface area contributed by atoms with E-state index in [1.165, 1.54) is 4.49 Å². The number of aromatic nitrogens is 2. The van der Waals surface area contributed by atoms with Crippen LogP contribution in [-0.2, 0) is 38.9 Å². The molecular weight excluding hydrogens is 939 g/mol. The number of nitrogens with one attached hydrogen (secondary N) is 2. The molecule has 2 aromatic heterocycles. The molecule has 3 N–H and O–H groups in total. The van der Waals surface area contributed by atoms with Crippen molar-refractivity contribution in [3.05, 3.63) is 93.7 Å². The van der Waals surface area contributed by atoms with Gasteiger partial charge in [-0.2, -0.15) is 8.42 Å². The van der Waals surface area contributed by atoms with Crippen LogP contribution in [0.2, 0.25) is 0 Å². The Labute approximate surface area is 414 Å². The highest BCUT2D eigenvalue weighted by atomic mass is 32.2. The lowest BCUT2D eigenvalue weighted by atomic mass is 9.88. The second-order valence-corrected chi connectivity index (χ2v) is 21.2. The minimum absolute atomic E-state index is 0.0267. The van der Waals surface area contributed by atoms with Crippen LogP contribution >= 0.6 is 0 Å². The van der Waals surface area contributed by atoms with Crippen LogP contribution in [0.3, 0.4) is 0 Å². The molecule has 17 nitrogen and oxygen atoms in total. The normalized spacial score (nSPS) is 16.1. The van der Waals surface area contributed by atoms with E-state index in [0.29, 0.717) is 78.1 Å². The van der Waals surface area contributed by atoms with E-state index in [9.17, 15) is 36.9 Å². The summed E-state index contributed by atoms with van der Waals surface area (Å²) in [5.41, 5.74) is 5.72. The van der Waals surface area contributed by atoms with Gasteiger partial charge in [0.15, 0.2) is 17.2 Å². The molecule has 5 heterocycles. The molecule has 0 aliphatic carbocycles. The second-order valence-electron chi connectivity index (χ2n) is 19.7. The number of amides is 3. The van der Waals surface area contributed by atoms with Gasteiger partial charge in [-0.15, -0.1) is 5.06 Å². The van der Waals surface area contributed by atoms with E-state index >= 15 is 8.63 Å². The topological polar surface area (TPSA) is 200 Å². The number of carbonyl (C=O) groups is 5. The van der Waals surface area contributed by atoms with Gasteiger partial charge in [0.2, 0.25) is 5.91 Å². The van der Waals surface area contributed by atoms with E-state index in [1.54, 1.807) is 42.5 Å². The number of hydroxylamine groups is 2. The molecule has 71 heavy (non-hydrogen) atoms. The number of unbranched alkanes of at least 4 members (excludes halogenated alkanes) is 2. The minimum Gasteiger partial charge on any atom is -0.494 e. The van der Waals surface area contributed by atoms with Gasteiger partial charge in [-0.3, -0.25) is 23.7 Å². The van der Waals surface area contributed by atoms with Gasteiger partial charge in [0.25, 0.3) is 21.9 Å². The number of fused-ring (bicyclic) bond motifs is 2. The lowest BCUT2D eigenvalue weighted by Crippen LogP contribution is -2.51. The molecule has 0 spiro atoms. The zero-order valence-corrected chi connectivity index (χ0v) is 42.4. The van der Waals surface area contributed by atoms with Gasteiger partial charge in [0.05, 0.1) is 34.3 Å². The van der Waals surface area contributed by atoms with Crippen molar-refractivity contribution in [3.63, 3.8) is 0 Å². The first kappa shape index (κ1) is 54.3. The number of hydrogen-bond donors (Lipinski definition) is 3. The van der Waals surface area contributed by atoms with Crippen LogP contribution < -0.4 is 10.1 Å². The second kappa shape index (κ2) is 23.5. The van der Waals surface area contributed by atoms with Crippen molar-refractivity contribution in [1.29, 1.82) is 0 Å². The third kappa shape index (κ3) is 15.0. The standard InChI is InChI=1S/C50H66BF2N7O10S/c1-35-31-39(57-43(35)33-44-38(13-11-29-60(4,5)6)32-45(58(44)51(57,52)53)41-24-17-36(2)54-41)21-18-37-19-22-40(23-20-37)69-30-12-15-47(62)55-42(34-71(66,67)68)46(61)14-10-28-56(3)27-9-7-8-16-50(65)70-59-48(63)25-26-49(59)64/h17-24,31-33,42,54H,7-16,25-30,34H2,1-6H3,(H-,55,62,66,67,68)/p+1/b21-18+. The SMILES string of the molecule is Cc1ccc(C2=[N+]3C(=Cc4c(C)cc(/C=C/c5ccc(OCCCC(=O)NC(CS(=O)(=O)O)C(=O)CCCN(C)CCCCCC(=O)ON6C(=O)CCC6=O)cc5)n4[B-]3(F)F)C(CCC[N+](C)(C)C)=C2)[nH]1. The number of H-pyrrole nitrogens is 1. The Kier molecular flexibility index (Phi) is 18.0. The molecule has 384 valence electrons. The lowest BCUT2D eigenvalue weighted by molar-refractivity contribution is -0.870. The van der Waals surface area contributed by atoms with E-state index in [4.69, 9.17) is 9.57 Å². The maximum Gasteiger partial charge on any atom is 0.737 e. The van der Waals surface area contributed by atoms with Crippen molar-refractivity contribution in [3.8, 4) is 5.75 Å². The molecule has 6 rings (SSSR count). The Morgan fingerprint density at radius 1 is 0.930 bits per heavy atom. The van der Waals surface area contributed by atoms with Crippen molar-refractivity contribution in [2.75, 3.05) is 60.2 Å². The van der Waals surface area contributed by atoms with Gasteiger partial charge >= 0.3 is 12.9 Å². The number of carbonyl (C=O) groups excluding carboxylic acids is 5. The van der Waals surface area contributed by atoms with E-state index in [-0.39, 0.29) is 45.1 Å². The summed E-state index contributed by atoms with van der Waals surface area (Å²) in [5, 5.41) is 2.97. The van der Waals surface area contributed by atoms with Crippen LogP contribution in [0, 0.1) is 13.8 Å². The summed E-state index contributed by atoms with van der Waals surface area (Å²) in [6.45, 7) is 1.63. The molecule has 1 saturated heterocycles. The molecule has 3 aliphatic heterocycles. The molecule has 1 fully saturated rings. The average molecular weight is 1010 g/mol. The lowest BCUT2D eigenvalue weighted by Gasteiger charge is -2.31. The summed E-state index contributed by atoms with van der Waals surface area (Å²) in [5.74, 6) is -3.28. The summed E-state index contributed by atoms with van der Waals surface area (Å²) >= 11 is 0. The first-order chi connectivity index (χ1) is 33.5. The molecule has 3 amide bonds. The van der Waals surface area contributed by atoms with Gasteiger partial charge in [0, 0.05) is 73.3 Å². The van der Waals surface area contributed by atoms with Crippen LogP contribution in [0.15, 0.2) is 59.8 Å². The van der Waals surface area contributed by atoms with E-state index in [0.717, 1.165) is 50.7 Å². The third-order valence-electron chi connectivity index (χ3n) is 12.6. The fraction of sp³-hybridized carbons (Fsp3) is 0.480. The molecule has 0 saturated carbocycles. The van der Waals surface area contributed by atoms with Crippen molar-refractivity contribution >= 4 is 70.5 Å². The number of quaternary nitrogens is 1. The number of nitrogens with zero attached hydrogens (tertiary/aromatic N) is 5. The Bertz CT molecular complexity index is 2700. The quantitative estimate of drug-likeness (QED) is 0.0263. The first-order valence-corrected chi connectivity index (χ1v) is 25.8. The van der Waals surface area contributed by atoms with Crippen molar-refractivity contribution in [2.24, 2.45) is 0 Å². The van der Waals surface area contributed by atoms with Gasteiger partial charge in [-0.25, -0.2) is 4.79 Å². The number of aryl methyl sites for hydroxylation is 2. The van der Waals surface area contributed by atoms with Crippen LogP contribution in [0.25, 0.3) is 18.2 Å². The smallest absolute Gasteiger partial charge is 0.494 e. The zero-order valence-electron chi connectivity index (χ0n) is 41.5. The van der Waals surface area contributed by atoms with Crippen LogP contribution in [0.4, 0.5) is 8.63 Å². The molecule has 0 radical (unpaired) electrons. The molecule has 0 bridgehead atoms. The number of ether oxygens (including phenoxy) is 1. The van der Waals surface area contributed by atoms with E-state index in [1.807, 2.05) is 50.1 Å². The Morgan fingerprint density at radius 3 is 2.30 bits per heavy atom. The molecule has 1 aromatic carbocycles.